The fourth-order valence-electron chi connectivity index (χ4n) is 3.81. The van der Waals surface area contributed by atoms with Crippen molar-refractivity contribution in [3.63, 3.8) is 0 Å². The summed E-state index contributed by atoms with van der Waals surface area (Å²) in [6.45, 7) is 3.90. The molecule has 0 amide bonds. The molecule has 0 unspecified atom stereocenters. The average Bonchev–Trinajstić information content (AvgIpc) is 3.58. The summed E-state index contributed by atoms with van der Waals surface area (Å²) in [4.78, 5) is 2.23. The van der Waals surface area contributed by atoms with E-state index in [0.717, 1.165) is 55.3 Å². The monoisotopic (exact) mass is 486 g/mol. The number of anilines is 1. The summed E-state index contributed by atoms with van der Waals surface area (Å²) < 4.78 is 42.1. The van der Waals surface area contributed by atoms with Crippen molar-refractivity contribution in [2.24, 2.45) is 0 Å². The topological polar surface area (TPSA) is 77.5 Å². The SMILES string of the molecule is Cc1ccc(-n2c(SCc3nnnn3-c3ccc(C(F)(F)F)cc3)nnc2N2CCCC2)cc1. The van der Waals surface area contributed by atoms with Crippen LogP contribution in [0.4, 0.5) is 19.1 Å². The number of thioether (sulfide) groups is 1. The molecule has 0 N–H and O–H groups in total. The van der Waals surface area contributed by atoms with Crippen LogP contribution in [0.5, 0.6) is 0 Å². The van der Waals surface area contributed by atoms with E-state index in [1.54, 1.807) is 0 Å². The van der Waals surface area contributed by atoms with Crippen LogP contribution < -0.4 is 4.90 Å². The molecule has 0 aliphatic carbocycles. The summed E-state index contributed by atoms with van der Waals surface area (Å²) in [5, 5.41) is 21.3. The maximum atomic E-state index is 12.9. The predicted octanol–water partition coefficient (Wildman–Crippen LogP) is 4.46. The van der Waals surface area contributed by atoms with Crippen molar-refractivity contribution in [1.29, 1.82) is 0 Å². The molecule has 3 heterocycles. The van der Waals surface area contributed by atoms with Crippen molar-refractivity contribution in [2.45, 2.75) is 36.9 Å². The van der Waals surface area contributed by atoms with Crippen LogP contribution in [0.3, 0.4) is 0 Å². The maximum Gasteiger partial charge on any atom is 0.416 e. The highest BCUT2D eigenvalue weighted by Crippen LogP contribution is 2.31. The number of benzene rings is 2. The van der Waals surface area contributed by atoms with E-state index in [1.165, 1.54) is 28.6 Å². The van der Waals surface area contributed by atoms with Gasteiger partial charge in [-0.15, -0.1) is 15.3 Å². The smallest absolute Gasteiger partial charge is 0.341 e. The Labute approximate surface area is 197 Å². The third kappa shape index (κ3) is 4.49. The molecule has 0 radical (unpaired) electrons. The summed E-state index contributed by atoms with van der Waals surface area (Å²) in [6.07, 6.45) is -2.17. The lowest BCUT2D eigenvalue weighted by Crippen LogP contribution is -2.22. The molecule has 0 spiro atoms. The van der Waals surface area contributed by atoms with Gasteiger partial charge in [0.1, 0.15) is 0 Å². The van der Waals surface area contributed by atoms with Gasteiger partial charge in [0.25, 0.3) is 0 Å². The van der Waals surface area contributed by atoms with Gasteiger partial charge >= 0.3 is 6.18 Å². The van der Waals surface area contributed by atoms with E-state index in [0.29, 0.717) is 22.4 Å². The van der Waals surface area contributed by atoms with Crippen LogP contribution in [-0.4, -0.2) is 48.1 Å². The van der Waals surface area contributed by atoms with Crippen LogP contribution in [-0.2, 0) is 11.9 Å². The number of halogens is 3. The third-order valence-corrected chi connectivity index (χ3v) is 6.53. The van der Waals surface area contributed by atoms with E-state index in [1.807, 2.05) is 35.8 Å². The maximum absolute atomic E-state index is 12.9. The highest BCUT2D eigenvalue weighted by atomic mass is 32.2. The highest BCUT2D eigenvalue weighted by molar-refractivity contribution is 7.98. The van der Waals surface area contributed by atoms with Gasteiger partial charge in [0.15, 0.2) is 11.0 Å². The first-order valence-electron chi connectivity index (χ1n) is 10.8. The second-order valence-corrected chi connectivity index (χ2v) is 8.93. The second-order valence-electron chi connectivity index (χ2n) is 7.99. The minimum atomic E-state index is -4.40. The van der Waals surface area contributed by atoms with Crippen LogP contribution in [0.15, 0.2) is 53.7 Å². The Hall–Kier alpha value is -3.41. The molecular weight excluding hydrogens is 465 g/mol. The van der Waals surface area contributed by atoms with Crippen LogP contribution in [0.1, 0.15) is 29.8 Å². The Morgan fingerprint density at radius 2 is 1.56 bits per heavy atom. The Balaban J connectivity index is 1.41. The van der Waals surface area contributed by atoms with Crippen LogP contribution in [0.25, 0.3) is 11.4 Å². The first kappa shape index (κ1) is 22.4. The van der Waals surface area contributed by atoms with Gasteiger partial charge in [-0.3, -0.25) is 4.57 Å². The summed E-state index contributed by atoms with van der Waals surface area (Å²) in [5.74, 6) is 1.65. The van der Waals surface area contributed by atoms with E-state index in [9.17, 15) is 13.2 Å². The summed E-state index contributed by atoms with van der Waals surface area (Å²) in [7, 11) is 0. The van der Waals surface area contributed by atoms with Crippen molar-refractivity contribution < 1.29 is 13.2 Å². The Morgan fingerprint density at radius 1 is 0.882 bits per heavy atom. The fraction of sp³-hybridized carbons (Fsp3) is 0.318. The summed E-state index contributed by atoms with van der Waals surface area (Å²) in [5.41, 5.74) is 1.85. The molecule has 0 saturated carbocycles. The molecular formula is C22H21F3N8S. The highest BCUT2D eigenvalue weighted by Gasteiger charge is 2.30. The van der Waals surface area contributed by atoms with Crippen molar-refractivity contribution in [1.82, 2.24) is 35.0 Å². The van der Waals surface area contributed by atoms with Crippen molar-refractivity contribution in [2.75, 3.05) is 18.0 Å². The predicted molar refractivity (Wildman–Crippen MR) is 121 cm³/mol. The molecule has 176 valence electrons. The van der Waals surface area contributed by atoms with Gasteiger partial charge in [-0.05, 0) is 66.6 Å². The third-order valence-electron chi connectivity index (χ3n) is 5.60. The van der Waals surface area contributed by atoms with E-state index in [2.05, 4.69) is 30.6 Å². The largest absolute Gasteiger partial charge is 0.416 e. The zero-order valence-corrected chi connectivity index (χ0v) is 19.1. The average molecular weight is 487 g/mol. The lowest BCUT2D eigenvalue weighted by Gasteiger charge is -2.18. The van der Waals surface area contributed by atoms with Crippen LogP contribution in [0.2, 0.25) is 0 Å². The molecule has 1 aliphatic rings. The number of alkyl halides is 3. The van der Waals surface area contributed by atoms with E-state index in [4.69, 9.17) is 0 Å². The number of aryl methyl sites for hydroxylation is 1. The van der Waals surface area contributed by atoms with Gasteiger partial charge in [-0.25, -0.2) is 0 Å². The van der Waals surface area contributed by atoms with Crippen molar-refractivity contribution in [3.05, 3.63) is 65.5 Å². The first-order valence-corrected chi connectivity index (χ1v) is 11.7. The molecule has 8 nitrogen and oxygen atoms in total. The zero-order valence-electron chi connectivity index (χ0n) is 18.3. The number of aromatic nitrogens is 7. The van der Waals surface area contributed by atoms with Crippen molar-refractivity contribution >= 4 is 17.7 Å². The molecule has 0 bridgehead atoms. The molecule has 5 rings (SSSR count). The van der Waals surface area contributed by atoms with Crippen molar-refractivity contribution in [3.8, 4) is 11.4 Å². The molecule has 12 heteroatoms. The molecule has 0 atom stereocenters. The first-order chi connectivity index (χ1) is 16.4. The van der Waals surface area contributed by atoms with Crippen LogP contribution in [0, 0.1) is 6.92 Å². The van der Waals surface area contributed by atoms with Gasteiger partial charge in [-0.2, -0.15) is 17.9 Å². The zero-order chi connectivity index (χ0) is 23.7. The molecule has 2 aromatic heterocycles. The molecule has 1 aliphatic heterocycles. The molecule has 1 saturated heterocycles. The summed E-state index contributed by atoms with van der Waals surface area (Å²) in [6, 6.07) is 12.9. The lowest BCUT2D eigenvalue weighted by molar-refractivity contribution is -0.137. The van der Waals surface area contributed by atoms with Gasteiger partial charge < -0.3 is 4.90 Å². The minimum absolute atomic E-state index is 0.359. The van der Waals surface area contributed by atoms with Crippen LogP contribution >= 0.6 is 11.8 Å². The lowest BCUT2D eigenvalue weighted by atomic mass is 10.2. The number of rotatable bonds is 6. The Bertz CT molecular complexity index is 1260. The molecule has 1 fully saturated rings. The minimum Gasteiger partial charge on any atom is -0.341 e. The normalized spacial score (nSPS) is 14.2. The Kier molecular flexibility index (Phi) is 5.98. The van der Waals surface area contributed by atoms with Gasteiger partial charge in [0, 0.05) is 13.1 Å². The van der Waals surface area contributed by atoms with E-state index >= 15 is 0 Å². The standard InChI is InChI=1S/C22H21F3N8S/c1-15-4-8-17(9-5-15)32-20(31-12-2-3-13-31)27-28-21(32)34-14-19-26-29-30-33(19)18-10-6-16(7-11-18)22(23,24)25/h4-11H,2-3,12-14H2,1H3. The number of tetrazole rings is 1. The number of nitrogens with zero attached hydrogens (tertiary/aromatic N) is 8. The van der Waals surface area contributed by atoms with Gasteiger partial charge in [0.05, 0.1) is 22.7 Å². The van der Waals surface area contributed by atoms with E-state index < -0.39 is 11.7 Å². The molecule has 4 aromatic rings. The molecule has 34 heavy (non-hydrogen) atoms. The number of hydrogen-bond acceptors (Lipinski definition) is 7. The molecule has 2 aromatic carbocycles. The van der Waals surface area contributed by atoms with Gasteiger partial charge in [0.2, 0.25) is 5.95 Å². The van der Waals surface area contributed by atoms with E-state index in [-0.39, 0.29) is 0 Å². The number of hydrogen-bond donors (Lipinski definition) is 0. The fourth-order valence-corrected chi connectivity index (χ4v) is 4.67. The summed E-state index contributed by atoms with van der Waals surface area (Å²) >= 11 is 1.42. The quantitative estimate of drug-likeness (QED) is 0.372. The Morgan fingerprint density at radius 3 is 2.24 bits per heavy atom. The van der Waals surface area contributed by atoms with Gasteiger partial charge in [-0.1, -0.05) is 29.5 Å². The second kappa shape index (κ2) is 9.09.